The highest BCUT2D eigenvalue weighted by Crippen LogP contribution is 2.22. The first kappa shape index (κ1) is 17.1. The van der Waals surface area contributed by atoms with E-state index in [0.29, 0.717) is 11.3 Å². The molecular weight excluding hydrogens is 302 g/mol. The zero-order chi connectivity index (χ0) is 15.4. The molecule has 8 heteroatoms. The van der Waals surface area contributed by atoms with Gasteiger partial charge in [-0.3, -0.25) is 4.79 Å². The van der Waals surface area contributed by atoms with Gasteiger partial charge in [0.2, 0.25) is 10.0 Å². The number of rotatable bonds is 8. The molecule has 0 saturated heterocycles. The molecule has 0 aromatic carbocycles. The molecule has 6 nitrogen and oxygen atoms in total. The summed E-state index contributed by atoms with van der Waals surface area (Å²) in [6.07, 6.45) is 1.04. The van der Waals surface area contributed by atoms with E-state index >= 15 is 0 Å². The lowest BCUT2D eigenvalue weighted by atomic mass is 10.0. The summed E-state index contributed by atoms with van der Waals surface area (Å²) < 4.78 is 26.5. The number of hydrogen-bond acceptors (Lipinski definition) is 5. The van der Waals surface area contributed by atoms with Gasteiger partial charge in [-0.05, 0) is 25.5 Å². The molecule has 1 atom stereocenters. The van der Waals surface area contributed by atoms with E-state index in [4.69, 9.17) is 5.11 Å². The van der Waals surface area contributed by atoms with E-state index in [0.717, 1.165) is 17.8 Å². The average Bonchev–Trinajstić information content (AvgIpc) is 2.75. The first-order valence-corrected chi connectivity index (χ1v) is 8.49. The van der Waals surface area contributed by atoms with Crippen molar-refractivity contribution in [1.29, 1.82) is 0 Å². The lowest BCUT2D eigenvalue weighted by Crippen LogP contribution is -2.40. The van der Waals surface area contributed by atoms with Crippen LogP contribution in [0.15, 0.2) is 16.3 Å². The third-order valence-electron chi connectivity index (χ3n) is 2.66. The Labute approximate surface area is 122 Å². The monoisotopic (exact) mass is 321 g/mol. The van der Waals surface area contributed by atoms with E-state index in [9.17, 15) is 18.3 Å². The number of thiophene rings is 1. The van der Waals surface area contributed by atoms with Gasteiger partial charge < -0.3 is 10.2 Å². The van der Waals surface area contributed by atoms with Crippen molar-refractivity contribution in [3.05, 3.63) is 17.0 Å². The lowest BCUT2D eigenvalue weighted by molar-refractivity contribution is -0.136. The van der Waals surface area contributed by atoms with Crippen LogP contribution in [0.1, 0.15) is 31.6 Å². The van der Waals surface area contributed by atoms with E-state index in [1.165, 1.54) is 12.1 Å². The number of sulfonamides is 1. The maximum absolute atomic E-state index is 12.0. The highest BCUT2D eigenvalue weighted by Gasteiger charge is 2.24. The first-order valence-electron chi connectivity index (χ1n) is 6.19. The summed E-state index contributed by atoms with van der Waals surface area (Å²) in [4.78, 5) is 11.0. The second kappa shape index (κ2) is 6.66. The summed E-state index contributed by atoms with van der Waals surface area (Å²) >= 11 is 0.919. The van der Waals surface area contributed by atoms with Crippen LogP contribution in [0.5, 0.6) is 0 Å². The Morgan fingerprint density at radius 3 is 2.65 bits per heavy atom. The SMILES string of the molecule is CCCC(C)(O)CNS(=O)(=O)c1ccc(CC(=O)O)s1. The molecular formula is C12H19NO5S2. The molecule has 1 aromatic heterocycles. The third-order valence-corrected chi connectivity index (χ3v) is 5.64. The van der Waals surface area contributed by atoms with Gasteiger partial charge >= 0.3 is 5.97 Å². The molecule has 0 aliphatic rings. The highest BCUT2D eigenvalue weighted by molar-refractivity contribution is 7.91. The minimum atomic E-state index is -3.71. The topological polar surface area (TPSA) is 104 Å². The quantitative estimate of drug-likeness (QED) is 0.667. The zero-order valence-corrected chi connectivity index (χ0v) is 13.1. The number of carboxylic acid groups (broad SMARTS) is 1. The van der Waals surface area contributed by atoms with Crippen molar-refractivity contribution in [3.8, 4) is 0 Å². The number of nitrogens with one attached hydrogen (secondary N) is 1. The van der Waals surface area contributed by atoms with Crippen LogP contribution in [-0.4, -0.2) is 36.7 Å². The normalized spacial score (nSPS) is 14.9. The van der Waals surface area contributed by atoms with Crippen LogP contribution in [0.4, 0.5) is 0 Å². The van der Waals surface area contributed by atoms with Gasteiger partial charge in [-0.15, -0.1) is 11.3 Å². The van der Waals surface area contributed by atoms with Gasteiger partial charge in [-0.1, -0.05) is 13.3 Å². The van der Waals surface area contributed by atoms with Crippen molar-refractivity contribution in [2.75, 3.05) is 6.54 Å². The summed E-state index contributed by atoms with van der Waals surface area (Å²) in [5.74, 6) is -1.00. The standard InChI is InChI=1S/C12H19NO5S2/c1-3-6-12(2,16)8-13-20(17,18)11-5-4-9(19-11)7-10(14)15/h4-5,13,16H,3,6-8H2,1-2H3,(H,14,15). The summed E-state index contributed by atoms with van der Waals surface area (Å²) in [7, 11) is -3.71. The fourth-order valence-corrected chi connectivity index (χ4v) is 4.25. The van der Waals surface area contributed by atoms with Crippen molar-refractivity contribution < 1.29 is 23.4 Å². The molecule has 0 radical (unpaired) electrons. The van der Waals surface area contributed by atoms with Crippen LogP contribution in [0, 0.1) is 0 Å². The highest BCUT2D eigenvalue weighted by atomic mass is 32.2. The van der Waals surface area contributed by atoms with Crippen molar-refractivity contribution in [2.45, 2.75) is 42.9 Å². The number of hydrogen-bond donors (Lipinski definition) is 3. The van der Waals surface area contributed by atoms with E-state index in [1.54, 1.807) is 6.92 Å². The van der Waals surface area contributed by atoms with Gasteiger partial charge in [0, 0.05) is 11.4 Å². The molecule has 0 aliphatic heterocycles. The van der Waals surface area contributed by atoms with Gasteiger partial charge in [0.25, 0.3) is 0 Å². The molecule has 1 rings (SSSR count). The number of carbonyl (C=O) groups is 1. The van der Waals surface area contributed by atoms with Crippen molar-refractivity contribution in [3.63, 3.8) is 0 Å². The molecule has 0 saturated carbocycles. The van der Waals surface area contributed by atoms with E-state index in [-0.39, 0.29) is 17.2 Å². The summed E-state index contributed by atoms with van der Waals surface area (Å²) in [6.45, 7) is 3.40. The van der Waals surface area contributed by atoms with Crippen molar-refractivity contribution >= 4 is 27.3 Å². The number of carboxylic acids is 1. The molecule has 3 N–H and O–H groups in total. The predicted octanol–water partition coefficient (Wildman–Crippen LogP) is 1.20. The van der Waals surface area contributed by atoms with Gasteiger partial charge in [-0.2, -0.15) is 0 Å². The molecule has 0 fully saturated rings. The second-order valence-electron chi connectivity index (χ2n) is 4.86. The number of aliphatic carboxylic acids is 1. The summed E-state index contributed by atoms with van der Waals surface area (Å²) in [6, 6.07) is 2.86. The molecule has 20 heavy (non-hydrogen) atoms. The fourth-order valence-electron chi connectivity index (χ4n) is 1.70. The van der Waals surface area contributed by atoms with E-state index < -0.39 is 21.6 Å². The van der Waals surface area contributed by atoms with Gasteiger partial charge in [0.15, 0.2) is 0 Å². The average molecular weight is 321 g/mol. The molecule has 1 heterocycles. The Morgan fingerprint density at radius 1 is 1.45 bits per heavy atom. The smallest absolute Gasteiger partial charge is 0.308 e. The van der Waals surface area contributed by atoms with Crippen LogP contribution in [-0.2, 0) is 21.2 Å². The van der Waals surface area contributed by atoms with Gasteiger partial charge in [0.05, 0.1) is 12.0 Å². The minimum Gasteiger partial charge on any atom is -0.481 e. The van der Waals surface area contributed by atoms with Crippen LogP contribution in [0.25, 0.3) is 0 Å². The van der Waals surface area contributed by atoms with Crippen molar-refractivity contribution in [2.24, 2.45) is 0 Å². The maximum Gasteiger partial charge on any atom is 0.308 e. The van der Waals surface area contributed by atoms with Gasteiger partial charge in [-0.25, -0.2) is 13.1 Å². The Hall–Kier alpha value is -0.960. The predicted molar refractivity (Wildman–Crippen MR) is 76.4 cm³/mol. The second-order valence-corrected chi connectivity index (χ2v) is 8.02. The fraction of sp³-hybridized carbons (Fsp3) is 0.583. The van der Waals surface area contributed by atoms with Crippen LogP contribution in [0.2, 0.25) is 0 Å². The lowest BCUT2D eigenvalue weighted by Gasteiger charge is -2.22. The van der Waals surface area contributed by atoms with Gasteiger partial charge in [0.1, 0.15) is 4.21 Å². The summed E-state index contributed by atoms with van der Waals surface area (Å²) in [5, 5.41) is 18.6. The Kier molecular flexibility index (Phi) is 5.69. The van der Waals surface area contributed by atoms with Crippen molar-refractivity contribution in [1.82, 2.24) is 4.72 Å². The largest absolute Gasteiger partial charge is 0.481 e. The summed E-state index contributed by atoms with van der Waals surface area (Å²) in [5.41, 5.74) is -1.09. The zero-order valence-electron chi connectivity index (χ0n) is 11.4. The third kappa shape index (κ3) is 5.20. The molecule has 0 aliphatic carbocycles. The van der Waals surface area contributed by atoms with E-state index in [2.05, 4.69) is 4.72 Å². The molecule has 114 valence electrons. The Bertz CT molecular complexity index is 562. The minimum absolute atomic E-state index is 0.0565. The first-order chi connectivity index (χ1) is 9.16. The Morgan fingerprint density at radius 2 is 2.10 bits per heavy atom. The van der Waals surface area contributed by atoms with Crippen LogP contribution in [0.3, 0.4) is 0 Å². The molecule has 0 bridgehead atoms. The molecule has 1 unspecified atom stereocenters. The van der Waals surface area contributed by atoms with Crippen LogP contribution >= 0.6 is 11.3 Å². The molecule has 0 amide bonds. The van der Waals surface area contributed by atoms with E-state index in [1.807, 2.05) is 6.92 Å². The maximum atomic E-state index is 12.0. The number of aliphatic hydroxyl groups is 1. The molecule has 1 aromatic rings. The molecule has 0 spiro atoms. The van der Waals surface area contributed by atoms with Crippen LogP contribution < -0.4 is 4.72 Å². The Balaban J connectivity index is 2.74.